The van der Waals surface area contributed by atoms with Gasteiger partial charge in [-0.2, -0.15) is 10.5 Å². The second-order valence-corrected chi connectivity index (χ2v) is 2.04. The number of hydrogen-bond donors (Lipinski definition) is 1. The van der Waals surface area contributed by atoms with E-state index in [9.17, 15) is 0 Å². The fraction of sp³-hybridized carbons (Fsp3) is 0.667. The molecule has 0 aliphatic carbocycles. The van der Waals surface area contributed by atoms with Gasteiger partial charge in [0.1, 0.15) is 5.60 Å². The molecular formula is C6H8N2O. The number of nitrogens with zero attached hydrogens (tertiary/aromatic N) is 2. The normalized spacial score (nSPS) is 15.1. The highest BCUT2D eigenvalue weighted by Gasteiger charge is 2.17. The first-order valence-corrected chi connectivity index (χ1v) is 2.63. The second-order valence-electron chi connectivity index (χ2n) is 2.04. The van der Waals surface area contributed by atoms with Gasteiger partial charge < -0.3 is 5.11 Å². The van der Waals surface area contributed by atoms with Crippen molar-refractivity contribution >= 4 is 0 Å². The van der Waals surface area contributed by atoms with Crippen molar-refractivity contribution < 1.29 is 5.11 Å². The van der Waals surface area contributed by atoms with Gasteiger partial charge in [0.05, 0.1) is 12.1 Å². The van der Waals surface area contributed by atoms with E-state index in [4.69, 9.17) is 15.6 Å². The Balaban J connectivity index is 3.65. The van der Waals surface area contributed by atoms with Crippen LogP contribution in [0.1, 0.15) is 19.8 Å². The van der Waals surface area contributed by atoms with Crippen LogP contribution in [-0.2, 0) is 0 Å². The van der Waals surface area contributed by atoms with Crippen LogP contribution in [0.15, 0.2) is 0 Å². The summed E-state index contributed by atoms with van der Waals surface area (Å²) in [6.07, 6.45) is 0.445. The molecule has 1 N–H and O–H groups in total. The van der Waals surface area contributed by atoms with Crippen LogP contribution in [0.2, 0.25) is 0 Å². The van der Waals surface area contributed by atoms with Gasteiger partial charge in [0.15, 0.2) is 0 Å². The van der Waals surface area contributed by atoms with Crippen molar-refractivity contribution in [1.82, 2.24) is 0 Å². The van der Waals surface area contributed by atoms with Crippen molar-refractivity contribution in [3.8, 4) is 12.1 Å². The van der Waals surface area contributed by atoms with E-state index in [1.165, 1.54) is 6.92 Å². The van der Waals surface area contributed by atoms with Gasteiger partial charge in [-0.25, -0.2) is 0 Å². The molecule has 1 atom stereocenters. The smallest absolute Gasteiger partial charge is 0.149 e. The van der Waals surface area contributed by atoms with Gasteiger partial charge in [-0.15, -0.1) is 0 Å². The zero-order chi connectivity index (χ0) is 7.33. The topological polar surface area (TPSA) is 67.8 Å². The zero-order valence-electron chi connectivity index (χ0n) is 5.26. The minimum absolute atomic E-state index is 0.222. The summed E-state index contributed by atoms with van der Waals surface area (Å²) in [6, 6.07) is 3.53. The monoisotopic (exact) mass is 124 g/mol. The third-order valence-corrected chi connectivity index (χ3v) is 0.964. The van der Waals surface area contributed by atoms with Crippen LogP contribution in [0.5, 0.6) is 0 Å². The summed E-state index contributed by atoms with van der Waals surface area (Å²) in [5, 5.41) is 25.2. The average Bonchev–Trinajstić information content (AvgIpc) is 1.84. The van der Waals surface area contributed by atoms with Crippen LogP contribution in [0, 0.1) is 22.7 Å². The minimum Gasteiger partial charge on any atom is -0.376 e. The molecule has 48 valence electrons. The highest BCUT2D eigenvalue weighted by atomic mass is 16.3. The fourth-order valence-electron chi connectivity index (χ4n) is 0.355. The molecule has 0 rings (SSSR count). The summed E-state index contributed by atoms with van der Waals surface area (Å²) in [6.45, 7) is 1.39. The highest BCUT2D eigenvalue weighted by Crippen LogP contribution is 2.08. The Labute approximate surface area is 54.1 Å². The van der Waals surface area contributed by atoms with Crippen molar-refractivity contribution in [3.05, 3.63) is 0 Å². The van der Waals surface area contributed by atoms with Gasteiger partial charge >= 0.3 is 0 Å². The molecule has 0 amide bonds. The van der Waals surface area contributed by atoms with Crippen LogP contribution in [-0.4, -0.2) is 10.7 Å². The zero-order valence-corrected chi connectivity index (χ0v) is 5.26. The number of aliphatic hydroxyl groups is 1. The summed E-state index contributed by atoms with van der Waals surface area (Å²) in [4.78, 5) is 0. The van der Waals surface area contributed by atoms with Crippen molar-refractivity contribution in [3.63, 3.8) is 0 Å². The van der Waals surface area contributed by atoms with E-state index in [1.54, 1.807) is 6.07 Å². The van der Waals surface area contributed by atoms with Crippen molar-refractivity contribution in [1.29, 1.82) is 10.5 Å². The lowest BCUT2D eigenvalue weighted by Gasteiger charge is -2.09. The third kappa shape index (κ3) is 3.52. The van der Waals surface area contributed by atoms with Crippen molar-refractivity contribution in [2.24, 2.45) is 0 Å². The maximum absolute atomic E-state index is 8.94. The first-order chi connectivity index (χ1) is 4.12. The van der Waals surface area contributed by atoms with Crippen LogP contribution >= 0.6 is 0 Å². The second kappa shape index (κ2) is 3.06. The van der Waals surface area contributed by atoms with Gasteiger partial charge in [0.25, 0.3) is 0 Å². The quantitative estimate of drug-likeness (QED) is 0.547. The molecular weight excluding hydrogens is 116 g/mol. The van der Waals surface area contributed by atoms with Crippen LogP contribution in [0.25, 0.3) is 0 Å². The Morgan fingerprint density at radius 2 is 2.11 bits per heavy atom. The minimum atomic E-state index is -1.32. The fourth-order valence-corrected chi connectivity index (χ4v) is 0.355. The number of hydrogen-bond acceptors (Lipinski definition) is 3. The van der Waals surface area contributed by atoms with Gasteiger partial charge in [-0.3, -0.25) is 0 Å². The molecule has 0 saturated carbocycles. The molecule has 0 saturated heterocycles. The average molecular weight is 124 g/mol. The molecule has 0 aliphatic rings. The van der Waals surface area contributed by atoms with Gasteiger partial charge in [-0.1, -0.05) is 0 Å². The van der Waals surface area contributed by atoms with Crippen molar-refractivity contribution in [2.45, 2.75) is 25.4 Å². The van der Waals surface area contributed by atoms with Gasteiger partial charge in [0, 0.05) is 12.8 Å². The van der Waals surface area contributed by atoms with Gasteiger partial charge in [-0.05, 0) is 6.92 Å². The molecule has 9 heavy (non-hydrogen) atoms. The first kappa shape index (κ1) is 7.94. The predicted octanol–water partition coefficient (Wildman–Crippen LogP) is 0.565. The number of nitriles is 2. The van der Waals surface area contributed by atoms with E-state index in [0.717, 1.165) is 0 Å². The SMILES string of the molecule is CC(O)(C#N)CCC#N. The van der Waals surface area contributed by atoms with E-state index < -0.39 is 5.60 Å². The van der Waals surface area contributed by atoms with Crippen molar-refractivity contribution in [2.75, 3.05) is 0 Å². The molecule has 3 heteroatoms. The van der Waals surface area contributed by atoms with E-state index in [2.05, 4.69) is 0 Å². The summed E-state index contributed by atoms with van der Waals surface area (Å²) in [5.74, 6) is 0. The first-order valence-electron chi connectivity index (χ1n) is 2.63. The molecule has 0 bridgehead atoms. The molecule has 0 aromatic rings. The maximum atomic E-state index is 8.94. The predicted molar refractivity (Wildman–Crippen MR) is 31.1 cm³/mol. The van der Waals surface area contributed by atoms with Crippen LogP contribution < -0.4 is 0 Å². The number of rotatable bonds is 2. The molecule has 0 aromatic heterocycles. The lowest BCUT2D eigenvalue weighted by molar-refractivity contribution is 0.111. The largest absolute Gasteiger partial charge is 0.376 e. The standard InChI is InChI=1S/C6H8N2O/c1-6(9,5-8)3-2-4-7/h9H,2-3H2,1H3. The van der Waals surface area contributed by atoms with E-state index in [1.807, 2.05) is 6.07 Å². The highest BCUT2D eigenvalue weighted by molar-refractivity contribution is 4.97. The molecule has 0 fully saturated rings. The summed E-state index contributed by atoms with van der Waals surface area (Å²) >= 11 is 0. The molecule has 0 radical (unpaired) electrons. The Morgan fingerprint density at radius 3 is 2.44 bits per heavy atom. The lowest BCUT2D eigenvalue weighted by atomic mass is 10.0. The Hall–Kier alpha value is -1.06. The Morgan fingerprint density at radius 1 is 1.56 bits per heavy atom. The summed E-state index contributed by atoms with van der Waals surface area (Å²) in [7, 11) is 0. The van der Waals surface area contributed by atoms with E-state index in [0.29, 0.717) is 0 Å². The van der Waals surface area contributed by atoms with E-state index >= 15 is 0 Å². The third-order valence-electron chi connectivity index (χ3n) is 0.964. The molecule has 0 spiro atoms. The van der Waals surface area contributed by atoms with Crippen LogP contribution in [0.3, 0.4) is 0 Å². The Bertz CT molecular complexity index is 161. The maximum Gasteiger partial charge on any atom is 0.149 e. The molecule has 0 heterocycles. The molecule has 0 aromatic carbocycles. The molecule has 0 aliphatic heterocycles. The van der Waals surface area contributed by atoms with E-state index in [-0.39, 0.29) is 12.8 Å². The van der Waals surface area contributed by atoms with Crippen LogP contribution in [0.4, 0.5) is 0 Å². The molecule has 1 unspecified atom stereocenters. The molecule has 3 nitrogen and oxygen atoms in total. The van der Waals surface area contributed by atoms with Gasteiger partial charge in [0.2, 0.25) is 0 Å². The lowest BCUT2D eigenvalue weighted by Crippen LogP contribution is -2.20. The summed E-state index contributed by atoms with van der Waals surface area (Å²) < 4.78 is 0. The Kier molecular flexibility index (Phi) is 2.70. The summed E-state index contributed by atoms with van der Waals surface area (Å²) in [5.41, 5.74) is -1.32.